The molecule has 0 aliphatic carbocycles. The summed E-state index contributed by atoms with van der Waals surface area (Å²) in [6.45, 7) is 0. The van der Waals surface area contributed by atoms with E-state index in [0.29, 0.717) is 0 Å². The van der Waals surface area contributed by atoms with Crippen LogP contribution in [-0.4, -0.2) is 28.2 Å². The van der Waals surface area contributed by atoms with Crippen LogP contribution in [0.2, 0.25) is 0 Å². The van der Waals surface area contributed by atoms with E-state index in [2.05, 4.69) is 6.07 Å². The molecule has 0 saturated heterocycles. The maximum atomic E-state index is 8.60. The Morgan fingerprint density at radius 2 is 2.00 bits per heavy atom. The van der Waals surface area contributed by atoms with Crippen LogP contribution in [0, 0.1) is 6.07 Å². The second-order valence-electron chi connectivity index (χ2n) is 1.26. The number of phenols is 1. The van der Waals surface area contributed by atoms with Crippen LogP contribution in [0.4, 0.5) is 0 Å². The maximum Gasteiger partial charge on any atom is 2.00 e. The third-order valence-corrected chi connectivity index (χ3v) is 0.691. The molecule has 0 heterocycles. The molecule has 47 valence electrons. The summed E-state index contributed by atoms with van der Waals surface area (Å²) in [7, 11) is 0. The van der Waals surface area contributed by atoms with Crippen LogP contribution in [0.3, 0.4) is 0 Å². The van der Waals surface area contributed by atoms with Gasteiger partial charge in [-0.3, -0.25) is 0 Å². The minimum atomic E-state index is 0. The number of benzene rings is 1. The van der Waals surface area contributed by atoms with Crippen molar-refractivity contribution in [3.05, 3.63) is 30.3 Å². The van der Waals surface area contributed by atoms with E-state index in [1.54, 1.807) is 18.2 Å². The zero-order chi connectivity index (χ0) is 5.11. The van der Waals surface area contributed by atoms with Crippen molar-refractivity contribution in [1.82, 2.24) is 0 Å². The first kappa shape index (κ1) is 17.5. The molecule has 0 aromatic heterocycles. The molecule has 0 spiro atoms. The van der Waals surface area contributed by atoms with Crippen molar-refractivity contribution in [2.45, 2.75) is 0 Å². The molecule has 1 nitrogen and oxygen atoms in total. The normalized spacial score (nSPS) is 6.00. The van der Waals surface area contributed by atoms with Crippen LogP contribution < -0.4 is 17.0 Å². The average molecular weight is 286 g/mol. The number of rotatable bonds is 0. The van der Waals surface area contributed by atoms with Crippen molar-refractivity contribution in [2.75, 3.05) is 0 Å². The van der Waals surface area contributed by atoms with Gasteiger partial charge in [-0.05, 0) is 0 Å². The first-order valence-corrected chi connectivity index (χ1v) is 2.04. The Balaban J connectivity index is -0.000000163. The molecule has 10 heavy (non-hydrogen) atoms. The summed E-state index contributed by atoms with van der Waals surface area (Å²) in [5.74, 6) is 0.266. The van der Waals surface area contributed by atoms with Gasteiger partial charge in [-0.25, -0.2) is 0 Å². The Labute approximate surface area is 112 Å². The van der Waals surface area contributed by atoms with Gasteiger partial charge in [0.25, 0.3) is 0 Å². The van der Waals surface area contributed by atoms with Crippen LogP contribution in [-0.2, 0) is 32.7 Å². The van der Waals surface area contributed by atoms with Crippen molar-refractivity contribution in [3.63, 3.8) is 0 Å². The van der Waals surface area contributed by atoms with Crippen molar-refractivity contribution < 1.29 is 54.8 Å². The summed E-state index contributed by atoms with van der Waals surface area (Å²) < 4.78 is 0. The fraction of sp³-hybridized carbons (Fsp3) is 0. The van der Waals surface area contributed by atoms with E-state index in [1.807, 2.05) is 0 Å². The molecule has 1 aromatic rings. The number of hydrogen-bond acceptors (Lipinski definition) is 1. The zero-order valence-corrected chi connectivity index (χ0v) is 11.3. The fourth-order valence-electron chi connectivity index (χ4n) is 0.384. The smallest absolute Gasteiger partial charge is 1.00 e. The van der Waals surface area contributed by atoms with E-state index in [1.165, 1.54) is 6.07 Å². The SMILES string of the molecule is Oc1c[c-]ccc1.[Br-].[Mg+2].[Y]. The molecule has 0 unspecified atom stereocenters. The Morgan fingerprint density at radius 1 is 1.40 bits per heavy atom. The second-order valence-corrected chi connectivity index (χ2v) is 1.26. The van der Waals surface area contributed by atoms with Crippen LogP contribution in [0.15, 0.2) is 24.3 Å². The van der Waals surface area contributed by atoms with Gasteiger partial charge in [-0.1, -0.05) is 0 Å². The molecule has 1 radical (unpaired) electrons. The number of phenolic OH excluding ortho intramolecular Hbond substituents is 1. The Morgan fingerprint density at radius 3 is 2.20 bits per heavy atom. The molecule has 0 aliphatic rings. The summed E-state index contributed by atoms with van der Waals surface area (Å²) >= 11 is 0. The third kappa shape index (κ3) is 7.48. The monoisotopic (exact) mass is 285 g/mol. The van der Waals surface area contributed by atoms with Crippen molar-refractivity contribution in [3.8, 4) is 5.75 Å². The predicted octanol–water partition coefficient (Wildman–Crippen LogP) is -2.19. The molecule has 0 bridgehead atoms. The van der Waals surface area contributed by atoms with Gasteiger partial charge in [-0.15, -0.1) is 12.1 Å². The van der Waals surface area contributed by atoms with Crippen molar-refractivity contribution in [1.29, 1.82) is 0 Å². The molecule has 4 heteroatoms. The van der Waals surface area contributed by atoms with Gasteiger partial charge < -0.3 is 22.1 Å². The summed E-state index contributed by atoms with van der Waals surface area (Å²) in [4.78, 5) is 0. The van der Waals surface area contributed by atoms with E-state index >= 15 is 0 Å². The van der Waals surface area contributed by atoms with Crippen molar-refractivity contribution >= 4 is 23.1 Å². The first-order chi connectivity index (χ1) is 3.39. The van der Waals surface area contributed by atoms with Gasteiger partial charge in [0.2, 0.25) is 0 Å². The van der Waals surface area contributed by atoms with Crippen molar-refractivity contribution in [2.24, 2.45) is 0 Å². The molecule has 0 amide bonds. The molecule has 0 fully saturated rings. The first-order valence-electron chi connectivity index (χ1n) is 2.04. The summed E-state index contributed by atoms with van der Waals surface area (Å²) in [5, 5.41) is 8.60. The maximum absolute atomic E-state index is 8.60. The molecule has 1 rings (SSSR count). The molecule has 0 atom stereocenters. The van der Waals surface area contributed by atoms with E-state index in [9.17, 15) is 0 Å². The second kappa shape index (κ2) is 10.4. The minimum absolute atomic E-state index is 0. The standard InChI is InChI=1S/C6H5O.BrH.Mg.Y/c7-6-4-2-1-3-5-6;;;/h1-2,4-5,7H;1H;;/q-1;;+2;/p-1. The van der Waals surface area contributed by atoms with Gasteiger partial charge in [0.15, 0.2) is 0 Å². The largest absolute Gasteiger partial charge is 2.00 e. The van der Waals surface area contributed by atoms with Gasteiger partial charge >= 0.3 is 23.1 Å². The van der Waals surface area contributed by atoms with Gasteiger partial charge in [0.05, 0.1) is 0 Å². The third-order valence-electron chi connectivity index (χ3n) is 0.691. The predicted molar refractivity (Wildman–Crippen MR) is 32.7 cm³/mol. The topological polar surface area (TPSA) is 20.2 Å². The number of aromatic hydroxyl groups is 1. The summed E-state index contributed by atoms with van der Waals surface area (Å²) in [6.07, 6.45) is 0. The average Bonchev–Trinajstić information content (AvgIpc) is 1.69. The zero-order valence-electron chi connectivity index (χ0n) is 5.42. The van der Waals surface area contributed by atoms with Crippen LogP contribution >= 0.6 is 0 Å². The molecule has 1 aromatic carbocycles. The number of hydrogen-bond donors (Lipinski definition) is 1. The molecule has 0 saturated carbocycles. The van der Waals surface area contributed by atoms with Crippen LogP contribution in [0.1, 0.15) is 0 Å². The quantitative estimate of drug-likeness (QED) is 0.424. The fourth-order valence-corrected chi connectivity index (χ4v) is 0.384. The molecule has 0 aliphatic heterocycles. The van der Waals surface area contributed by atoms with Crippen LogP contribution in [0.25, 0.3) is 0 Å². The summed E-state index contributed by atoms with van der Waals surface area (Å²) in [6, 6.07) is 9.30. The van der Waals surface area contributed by atoms with E-state index in [0.717, 1.165) is 0 Å². The molecule has 1 N–H and O–H groups in total. The van der Waals surface area contributed by atoms with E-state index in [4.69, 9.17) is 5.11 Å². The Bertz CT molecular complexity index is 148. The van der Waals surface area contributed by atoms with Gasteiger partial charge in [0, 0.05) is 38.5 Å². The minimum Gasteiger partial charge on any atom is -1.00 e. The van der Waals surface area contributed by atoms with Gasteiger partial charge in [-0.2, -0.15) is 18.2 Å². The van der Waals surface area contributed by atoms with Crippen LogP contribution in [0.5, 0.6) is 5.75 Å². The molecular formula is C6H5BrMgOY. The van der Waals surface area contributed by atoms with E-state index < -0.39 is 0 Å². The summed E-state index contributed by atoms with van der Waals surface area (Å²) in [5.41, 5.74) is 0. The van der Waals surface area contributed by atoms with Gasteiger partial charge in [0.1, 0.15) is 0 Å². The molecular weight excluding hydrogens is 281 g/mol. The Kier molecular flexibility index (Phi) is 18.1. The Hall–Kier alpha value is 1.37. The van der Waals surface area contributed by atoms with E-state index in [-0.39, 0.29) is 78.5 Å². The number of halogens is 1.